The molecule has 7 nitrogen and oxygen atoms in total. The number of carbonyl (C=O) groups is 1. The van der Waals surface area contributed by atoms with Gasteiger partial charge in [0.2, 0.25) is 5.91 Å². The molecule has 8 heteroatoms. The Morgan fingerprint density at radius 3 is 3.08 bits per heavy atom. The smallest absolute Gasteiger partial charge is 0.233 e. The Balaban J connectivity index is 1.56. The van der Waals surface area contributed by atoms with Gasteiger partial charge in [0.1, 0.15) is 5.82 Å². The average molecular weight is 371 g/mol. The van der Waals surface area contributed by atoms with Crippen LogP contribution in [0.4, 0.5) is 0 Å². The van der Waals surface area contributed by atoms with E-state index in [4.69, 9.17) is 9.72 Å². The number of hydrogen-bond acceptors (Lipinski definition) is 6. The maximum Gasteiger partial charge on any atom is 0.233 e. The van der Waals surface area contributed by atoms with Gasteiger partial charge < -0.3 is 10.1 Å². The van der Waals surface area contributed by atoms with E-state index >= 15 is 0 Å². The van der Waals surface area contributed by atoms with E-state index in [1.165, 1.54) is 11.8 Å². The summed E-state index contributed by atoms with van der Waals surface area (Å²) in [6.45, 7) is 5.08. The highest BCUT2D eigenvalue weighted by Crippen LogP contribution is 2.26. The minimum Gasteiger partial charge on any atom is -0.376 e. The van der Waals surface area contributed by atoms with Crippen molar-refractivity contribution in [1.29, 1.82) is 0 Å². The molecule has 2 aromatic heterocycles. The van der Waals surface area contributed by atoms with Gasteiger partial charge in [0.05, 0.1) is 16.9 Å². The quantitative estimate of drug-likeness (QED) is 0.548. The number of nitrogens with one attached hydrogen (secondary N) is 1. The Bertz CT molecular complexity index is 951. The van der Waals surface area contributed by atoms with Crippen LogP contribution < -0.4 is 5.32 Å². The number of nitrogens with zero attached hydrogens (tertiary/aromatic N) is 4. The summed E-state index contributed by atoms with van der Waals surface area (Å²) in [6, 6.07) is 7.84. The largest absolute Gasteiger partial charge is 0.376 e. The van der Waals surface area contributed by atoms with Crippen molar-refractivity contribution < 1.29 is 9.53 Å². The van der Waals surface area contributed by atoms with Gasteiger partial charge in [-0.2, -0.15) is 4.52 Å². The molecule has 0 radical (unpaired) electrons. The number of thioether (sulfide) groups is 1. The van der Waals surface area contributed by atoms with Crippen LogP contribution >= 0.6 is 11.8 Å². The Labute approximate surface area is 155 Å². The van der Waals surface area contributed by atoms with Crippen LogP contribution in [0.25, 0.3) is 16.6 Å². The predicted molar refractivity (Wildman–Crippen MR) is 100 cm³/mol. The van der Waals surface area contributed by atoms with E-state index in [0.717, 1.165) is 36.0 Å². The fraction of sp³-hybridized carbons (Fsp3) is 0.444. The summed E-state index contributed by atoms with van der Waals surface area (Å²) in [4.78, 5) is 21.7. The van der Waals surface area contributed by atoms with Gasteiger partial charge in [0.15, 0.2) is 10.8 Å². The van der Waals surface area contributed by atoms with Crippen molar-refractivity contribution in [2.24, 2.45) is 0 Å². The molecule has 0 aliphatic carbocycles. The minimum atomic E-state index is -0.294. The van der Waals surface area contributed by atoms with Gasteiger partial charge in [-0.15, -0.1) is 5.10 Å². The van der Waals surface area contributed by atoms with Crippen LogP contribution in [0, 0.1) is 6.92 Å². The van der Waals surface area contributed by atoms with Gasteiger partial charge in [0, 0.05) is 18.5 Å². The van der Waals surface area contributed by atoms with Crippen molar-refractivity contribution in [2.45, 2.75) is 43.2 Å². The number of amides is 1. The lowest BCUT2D eigenvalue weighted by Crippen LogP contribution is -2.36. The van der Waals surface area contributed by atoms with Gasteiger partial charge in [-0.05, 0) is 38.8 Å². The van der Waals surface area contributed by atoms with Gasteiger partial charge in [-0.1, -0.05) is 23.9 Å². The summed E-state index contributed by atoms with van der Waals surface area (Å²) in [5.74, 6) is 0.658. The van der Waals surface area contributed by atoms with Crippen molar-refractivity contribution >= 4 is 34.2 Å². The van der Waals surface area contributed by atoms with Crippen molar-refractivity contribution in [3.8, 4) is 0 Å². The molecule has 1 aromatic carbocycles. The van der Waals surface area contributed by atoms with Crippen LogP contribution in [-0.4, -0.2) is 50.0 Å². The number of benzene rings is 1. The normalized spacial score (nSPS) is 18.5. The summed E-state index contributed by atoms with van der Waals surface area (Å²) in [5.41, 5.74) is 1.62. The van der Waals surface area contributed by atoms with Crippen molar-refractivity contribution in [2.75, 3.05) is 13.2 Å². The van der Waals surface area contributed by atoms with Crippen LogP contribution in [0.15, 0.2) is 29.4 Å². The SMILES string of the molecule is Cc1nc2c3ccccc3nc(SC(C)C(=O)NCC3CCCO3)n2n1. The van der Waals surface area contributed by atoms with E-state index in [-0.39, 0.29) is 17.3 Å². The first-order valence-corrected chi connectivity index (χ1v) is 9.68. The molecule has 1 amide bonds. The van der Waals surface area contributed by atoms with E-state index in [1.807, 2.05) is 38.1 Å². The number of aromatic nitrogens is 4. The topological polar surface area (TPSA) is 81.4 Å². The van der Waals surface area contributed by atoms with Gasteiger partial charge in [0.25, 0.3) is 0 Å². The molecule has 1 aliphatic rings. The third kappa shape index (κ3) is 3.39. The molecule has 26 heavy (non-hydrogen) atoms. The van der Waals surface area contributed by atoms with Crippen molar-refractivity contribution in [1.82, 2.24) is 24.9 Å². The number of fused-ring (bicyclic) bond motifs is 3. The first-order valence-electron chi connectivity index (χ1n) is 8.80. The monoisotopic (exact) mass is 371 g/mol. The highest BCUT2D eigenvalue weighted by atomic mass is 32.2. The lowest BCUT2D eigenvalue weighted by Gasteiger charge is -2.15. The van der Waals surface area contributed by atoms with Gasteiger partial charge in [-0.3, -0.25) is 4.79 Å². The first-order chi connectivity index (χ1) is 12.6. The molecule has 0 bridgehead atoms. The zero-order valence-electron chi connectivity index (χ0n) is 14.8. The molecule has 4 rings (SSSR count). The van der Waals surface area contributed by atoms with E-state index in [0.29, 0.717) is 17.5 Å². The summed E-state index contributed by atoms with van der Waals surface area (Å²) in [6.07, 6.45) is 2.21. The third-order valence-corrected chi connectivity index (χ3v) is 5.48. The van der Waals surface area contributed by atoms with Crippen molar-refractivity contribution in [3.63, 3.8) is 0 Å². The molecule has 1 fully saturated rings. The zero-order chi connectivity index (χ0) is 18.1. The molecule has 1 saturated heterocycles. The summed E-state index contributed by atoms with van der Waals surface area (Å²) in [7, 11) is 0. The van der Waals surface area contributed by atoms with Crippen LogP contribution in [0.2, 0.25) is 0 Å². The highest BCUT2D eigenvalue weighted by Gasteiger charge is 2.21. The highest BCUT2D eigenvalue weighted by molar-refractivity contribution is 8.00. The lowest BCUT2D eigenvalue weighted by atomic mass is 10.2. The minimum absolute atomic E-state index is 0.0227. The molecule has 2 atom stereocenters. The fourth-order valence-electron chi connectivity index (χ4n) is 3.08. The Morgan fingerprint density at radius 1 is 1.42 bits per heavy atom. The maximum absolute atomic E-state index is 12.4. The van der Waals surface area contributed by atoms with Crippen LogP contribution in [-0.2, 0) is 9.53 Å². The summed E-state index contributed by atoms with van der Waals surface area (Å²) in [5, 5.41) is 8.76. The number of hydrogen-bond donors (Lipinski definition) is 1. The second-order valence-electron chi connectivity index (χ2n) is 6.45. The van der Waals surface area contributed by atoms with E-state index in [1.54, 1.807) is 4.52 Å². The molecule has 3 heterocycles. The number of aryl methyl sites for hydroxylation is 1. The van der Waals surface area contributed by atoms with Crippen molar-refractivity contribution in [3.05, 3.63) is 30.1 Å². The number of ether oxygens (including phenoxy) is 1. The number of rotatable bonds is 5. The molecule has 0 spiro atoms. The number of para-hydroxylation sites is 1. The molecule has 0 saturated carbocycles. The van der Waals surface area contributed by atoms with E-state index in [2.05, 4.69) is 15.4 Å². The summed E-state index contributed by atoms with van der Waals surface area (Å²) >= 11 is 1.39. The Hall–Kier alpha value is -2.19. The third-order valence-electron chi connectivity index (χ3n) is 4.43. The van der Waals surface area contributed by atoms with Crippen LogP contribution in [0.1, 0.15) is 25.6 Å². The summed E-state index contributed by atoms with van der Waals surface area (Å²) < 4.78 is 7.28. The van der Waals surface area contributed by atoms with E-state index < -0.39 is 0 Å². The molecule has 3 aromatic rings. The number of carbonyl (C=O) groups excluding carboxylic acids is 1. The fourth-order valence-corrected chi connectivity index (χ4v) is 3.97. The van der Waals surface area contributed by atoms with Gasteiger partial charge in [-0.25, -0.2) is 9.97 Å². The van der Waals surface area contributed by atoms with Crippen LogP contribution in [0.3, 0.4) is 0 Å². The molecule has 1 aliphatic heterocycles. The molecule has 2 unspecified atom stereocenters. The Kier molecular flexibility index (Phi) is 4.78. The standard InChI is InChI=1S/C18H21N5O2S/c1-11(17(24)19-10-13-6-5-9-25-13)26-18-21-15-8-4-3-7-14(15)16-20-12(2)22-23(16)18/h3-4,7-8,11,13H,5-6,9-10H2,1-2H3,(H,19,24). The van der Waals surface area contributed by atoms with E-state index in [9.17, 15) is 4.79 Å². The predicted octanol–water partition coefficient (Wildman–Crippen LogP) is 2.36. The zero-order valence-corrected chi connectivity index (χ0v) is 15.6. The second-order valence-corrected chi connectivity index (χ2v) is 7.75. The molecular formula is C18H21N5O2S. The Morgan fingerprint density at radius 2 is 2.27 bits per heavy atom. The first kappa shape index (κ1) is 17.2. The second kappa shape index (κ2) is 7.20. The van der Waals surface area contributed by atoms with Gasteiger partial charge >= 0.3 is 0 Å². The lowest BCUT2D eigenvalue weighted by molar-refractivity contribution is -0.120. The molecule has 1 N–H and O–H groups in total. The molecular weight excluding hydrogens is 350 g/mol. The van der Waals surface area contributed by atoms with Crippen LogP contribution in [0.5, 0.6) is 0 Å². The maximum atomic E-state index is 12.4. The average Bonchev–Trinajstić information content (AvgIpc) is 3.29. The molecule has 136 valence electrons.